The minimum absolute atomic E-state index is 0.0497. The van der Waals surface area contributed by atoms with Gasteiger partial charge in [0.25, 0.3) is 0 Å². The Hall–Kier alpha value is -4.10. The zero-order valence-corrected chi connectivity index (χ0v) is 25.5. The summed E-state index contributed by atoms with van der Waals surface area (Å²) < 4.78 is 16.3. The lowest BCUT2D eigenvalue weighted by molar-refractivity contribution is -0.178. The van der Waals surface area contributed by atoms with Crippen molar-refractivity contribution < 1.29 is 19.6 Å². The van der Waals surface area contributed by atoms with Crippen molar-refractivity contribution in [2.75, 3.05) is 0 Å². The lowest BCUT2D eigenvalue weighted by Gasteiger charge is -2.29. The predicted octanol–water partition coefficient (Wildman–Crippen LogP) is 6.80. The van der Waals surface area contributed by atoms with Gasteiger partial charge in [-0.2, -0.15) is 15.8 Å². The van der Waals surface area contributed by atoms with Crippen LogP contribution < -0.4 is 4.89 Å². The summed E-state index contributed by atoms with van der Waals surface area (Å²) in [6.07, 6.45) is -1.33. The molecule has 3 aromatic carbocycles. The SMILES string of the molecule is Cc1ccccc1/C(C#N)=C1\C2=CC(CC(OC(C#N)c3ccccc3C)OC(C#N)c3ccccc3C)S1(=NO)=[P+]2[O-]. The van der Waals surface area contributed by atoms with E-state index in [0.717, 1.165) is 16.7 Å². The molecule has 0 saturated heterocycles. The first-order chi connectivity index (χ1) is 20.8. The zero-order chi connectivity index (χ0) is 30.7. The standard InChI is InChI=1S/C33H29N4O4PS/c1-21-10-4-7-13-25(21)28(18-34)33-31-16-24(43(33,37-38)42(31)39)17-32(40-29(19-35)26-14-8-5-11-22(26)2)41-30(20-36)27-15-9-6-12-23(27)3/h4-16,24,29-30,32,38H,17H2,1-3H3/b33-28+. The van der Waals surface area contributed by atoms with Crippen molar-refractivity contribution in [3.63, 3.8) is 0 Å². The van der Waals surface area contributed by atoms with Crippen LogP contribution >= 0.6 is 6.92 Å². The maximum atomic E-state index is 13.5. The van der Waals surface area contributed by atoms with Crippen molar-refractivity contribution >= 4 is 21.5 Å². The van der Waals surface area contributed by atoms with E-state index in [1.165, 1.54) is 0 Å². The van der Waals surface area contributed by atoms with Crippen LogP contribution in [-0.4, -0.2) is 16.7 Å². The molecule has 2 bridgehead atoms. The van der Waals surface area contributed by atoms with Crippen LogP contribution in [0, 0.1) is 54.8 Å². The van der Waals surface area contributed by atoms with Crippen molar-refractivity contribution in [1.29, 1.82) is 15.8 Å². The van der Waals surface area contributed by atoms with Gasteiger partial charge in [0, 0.05) is 6.42 Å². The van der Waals surface area contributed by atoms with Crippen LogP contribution in [0.1, 0.15) is 52.0 Å². The first-order valence-electron chi connectivity index (χ1n) is 13.6. The molecule has 5 unspecified atom stereocenters. The number of allylic oxidation sites excluding steroid dienone is 2. The molecule has 0 spiro atoms. The lowest BCUT2D eigenvalue weighted by Crippen LogP contribution is -2.30. The second kappa shape index (κ2) is 12.6. The van der Waals surface area contributed by atoms with E-state index in [1.807, 2.05) is 81.4 Å². The summed E-state index contributed by atoms with van der Waals surface area (Å²) in [4.78, 5) is 14.0. The van der Waals surface area contributed by atoms with E-state index in [1.54, 1.807) is 18.2 Å². The van der Waals surface area contributed by atoms with Gasteiger partial charge in [0.05, 0.1) is 32.0 Å². The maximum absolute atomic E-state index is 13.5. The van der Waals surface area contributed by atoms with Crippen molar-refractivity contribution in [3.8, 4) is 18.2 Å². The summed E-state index contributed by atoms with van der Waals surface area (Å²) in [7, 11) is -2.73. The molecule has 0 aliphatic carbocycles. The fraction of sp³-hybridized carbons (Fsp3) is 0.242. The number of fused-ring (bicyclic) bond motifs is 1. The number of rotatable bonds is 9. The van der Waals surface area contributed by atoms with E-state index in [2.05, 4.69) is 22.7 Å². The number of aryl methyl sites for hydroxylation is 3. The van der Waals surface area contributed by atoms with Crippen LogP contribution in [0.3, 0.4) is 0 Å². The maximum Gasteiger partial charge on any atom is 0.172 e. The Morgan fingerprint density at radius 2 is 1.40 bits per heavy atom. The van der Waals surface area contributed by atoms with E-state index < -0.39 is 39.7 Å². The van der Waals surface area contributed by atoms with Gasteiger partial charge >= 0.3 is 0 Å². The van der Waals surface area contributed by atoms with Gasteiger partial charge in [-0.25, -0.2) is 0 Å². The van der Waals surface area contributed by atoms with Crippen LogP contribution in [0.2, 0.25) is 0 Å². The highest BCUT2D eigenvalue weighted by atomic mass is 32.5. The molecule has 0 fully saturated rings. The minimum atomic E-state index is -2.73. The van der Waals surface area contributed by atoms with E-state index >= 15 is 0 Å². The number of hydrogen-bond acceptors (Lipinski definition) is 7. The number of benzene rings is 3. The topological polar surface area (TPSA) is 145 Å². The van der Waals surface area contributed by atoms with Gasteiger partial charge in [-0.3, -0.25) is 5.21 Å². The molecule has 3 aliphatic rings. The Kier molecular flexibility index (Phi) is 8.92. The van der Waals surface area contributed by atoms with Crippen LogP contribution in [0.25, 0.3) is 5.57 Å². The number of nitrogens with zero attached hydrogens (tertiary/aromatic N) is 4. The van der Waals surface area contributed by atoms with Crippen molar-refractivity contribution in [2.24, 2.45) is 4.53 Å². The highest BCUT2D eigenvalue weighted by Gasteiger charge is 2.55. The Labute approximate surface area is 252 Å². The fourth-order valence-corrected chi connectivity index (χ4v) is 12.9. The number of nitriles is 3. The number of hydrogen-bond donors (Lipinski definition) is 1. The van der Waals surface area contributed by atoms with E-state index in [-0.39, 0.29) is 6.42 Å². The molecule has 10 heteroatoms. The van der Waals surface area contributed by atoms with Crippen LogP contribution in [0.15, 0.2) is 93.6 Å². The molecule has 0 amide bonds. The summed E-state index contributed by atoms with van der Waals surface area (Å²) in [5.41, 5.74) is 4.91. The lowest BCUT2D eigenvalue weighted by atomic mass is 10.0. The molecule has 43 heavy (non-hydrogen) atoms. The second-order valence-corrected chi connectivity index (χ2v) is 16.3. The van der Waals surface area contributed by atoms with Gasteiger partial charge in [-0.05, 0) is 60.2 Å². The van der Waals surface area contributed by atoms with Gasteiger partial charge in [0.15, 0.2) is 23.8 Å². The molecule has 0 saturated carbocycles. The van der Waals surface area contributed by atoms with E-state index in [9.17, 15) is 25.9 Å². The minimum Gasteiger partial charge on any atom is -0.619 e. The third-order valence-corrected chi connectivity index (χ3v) is 15.4. The third kappa shape index (κ3) is 5.31. The summed E-state index contributed by atoms with van der Waals surface area (Å²) in [5, 5.41) is 40.8. The fourth-order valence-electron chi connectivity index (χ4n) is 5.56. The quantitative estimate of drug-likeness (QED) is 0.122. The summed E-state index contributed by atoms with van der Waals surface area (Å²) in [6.45, 7) is 3.56. The van der Waals surface area contributed by atoms with Crippen molar-refractivity contribution in [2.45, 2.75) is 50.9 Å². The van der Waals surface area contributed by atoms with Crippen molar-refractivity contribution in [3.05, 3.63) is 122 Å². The van der Waals surface area contributed by atoms with Crippen LogP contribution in [0.4, 0.5) is 0 Å². The molecular weight excluding hydrogens is 579 g/mol. The zero-order valence-electron chi connectivity index (χ0n) is 23.8. The average molecular weight is 609 g/mol. The molecule has 1 N–H and O–H groups in total. The Morgan fingerprint density at radius 3 is 1.86 bits per heavy atom. The summed E-state index contributed by atoms with van der Waals surface area (Å²) >= 11 is 0. The van der Waals surface area contributed by atoms with E-state index in [0.29, 0.717) is 32.5 Å². The van der Waals surface area contributed by atoms with Crippen LogP contribution in [0.5, 0.6) is 0 Å². The monoisotopic (exact) mass is 608 g/mol. The molecule has 216 valence electrons. The highest BCUT2D eigenvalue weighted by Crippen LogP contribution is 2.64. The smallest absolute Gasteiger partial charge is 0.172 e. The van der Waals surface area contributed by atoms with Gasteiger partial charge < -0.3 is 14.4 Å². The normalized spacial score (nSPS) is 22.6. The molecular formula is C33H29N4O4PS. The second-order valence-electron chi connectivity index (χ2n) is 10.3. The van der Waals surface area contributed by atoms with Crippen LogP contribution in [-0.2, 0) is 18.5 Å². The number of ether oxygens (including phenoxy) is 2. The Balaban J connectivity index is 1.56. The van der Waals surface area contributed by atoms with Crippen molar-refractivity contribution in [1.82, 2.24) is 0 Å². The van der Waals surface area contributed by atoms with Gasteiger partial charge in [-0.1, -0.05) is 77.3 Å². The summed E-state index contributed by atoms with van der Waals surface area (Å²) in [6, 6.07) is 28.8. The Morgan fingerprint density at radius 1 is 0.884 bits per heavy atom. The molecule has 0 aromatic heterocycles. The molecule has 8 nitrogen and oxygen atoms in total. The summed E-state index contributed by atoms with van der Waals surface area (Å²) in [5.74, 6) is 0. The highest BCUT2D eigenvalue weighted by molar-refractivity contribution is 8.38. The largest absolute Gasteiger partial charge is 0.619 e. The van der Waals surface area contributed by atoms with E-state index in [4.69, 9.17) is 9.47 Å². The molecule has 3 aromatic rings. The molecule has 3 aliphatic heterocycles. The molecule has 0 radical (unpaired) electrons. The first kappa shape index (κ1) is 30.4. The van der Waals surface area contributed by atoms with Gasteiger partial charge in [0.1, 0.15) is 17.9 Å². The Bertz CT molecular complexity index is 1860. The van der Waals surface area contributed by atoms with Gasteiger partial charge in [-0.15, -0.1) is 0 Å². The molecule has 5 atom stereocenters. The molecule has 6 rings (SSSR count). The van der Waals surface area contributed by atoms with Gasteiger partial charge in [0.2, 0.25) is 0 Å². The predicted molar refractivity (Wildman–Crippen MR) is 164 cm³/mol. The third-order valence-electron chi connectivity index (χ3n) is 7.80. The molecule has 3 heterocycles. The average Bonchev–Trinajstić information content (AvgIpc) is 3.49. The first-order valence-corrected chi connectivity index (χ1v) is 17.1.